The summed E-state index contributed by atoms with van der Waals surface area (Å²) in [5.41, 5.74) is 1.24. The highest BCUT2D eigenvalue weighted by atomic mass is 16.3. The predicted octanol–water partition coefficient (Wildman–Crippen LogP) is 1.88. The number of carbonyl (C=O) groups excluding carboxylic acids is 2. The van der Waals surface area contributed by atoms with Crippen LogP contribution in [0.2, 0.25) is 0 Å². The number of anilines is 1. The summed E-state index contributed by atoms with van der Waals surface area (Å²) in [4.78, 5) is 33.5. The zero-order chi connectivity index (χ0) is 20.1. The van der Waals surface area contributed by atoms with Gasteiger partial charge in [-0.25, -0.2) is 0 Å². The van der Waals surface area contributed by atoms with Crippen molar-refractivity contribution in [1.29, 1.82) is 0 Å². The summed E-state index contributed by atoms with van der Waals surface area (Å²) in [5.74, 6) is -0.418. The van der Waals surface area contributed by atoms with Crippen molar-refractivity contribution < 1.29 is 14.0 Å². The van der Waals surface area contributed by atoms with E-state index >= 15 is 0 Å². The van der Waals surface area contributed by atoms with Crippen molar-refractivity contribution >= 4 is 46.6 Å². The first-order chi connectivity index (χ1) is 14.0. The van der Waals surface area contributed by atoms with Crippen LogP contribution in [0.4, 0.5) is 5.82 Å². The average Bonchev–Trinajstić information content (AvgIpc) is 3.39. The van der Waals surface area contributed by atoms with Crippen molar-refractivity contribution in [3.8, 4) is 0 Å². The Morgan fingerprint density at radius 3 is 2.86 bits per heavy atom. The van der Waals surface area contributed by atoms with Crippen LogP contribution >= 0.6 is 0 Å². The number of hydrogen-bond donors (Lipinski definition) is 1. The van der Waals surface area contributed by atoms with E-state index in [1.165, 1.54) is 15.9 Å². The lowest BCUT2D eigenvalue weighted by Gasteiger charge is -2.17. The highest BCUT2D eigenvalue weighted by Gasteiger charge is 2.35. The van der Waals surface area contributed by atoms with Crippen LogP contribution in [-0.2, 0) is 4.79 Å². The number of nitrogens with zero attached hydrogens (tertiary/aromatic N) is 6. The predicted molar refractivity (Wildman–Crippen MR) is 106 cm³/mol. The average molecular weight is 389 g/mol. The lowest BCUT2D eigenvalue weighted by molar-refractivity contribution is -0.118. The molecule has 2 aliphatic heterocycles. The molecule has 10 heteroatoms. The Balaban J connectivity index is 1.48. The lowest BCUT2D eigenvalue weighted by atomic mass is 10.1. The van der Waals surface area contributed by atoms with E-state index in [9.17, 15) is 9.59 Å². The van der Waals surface area contributed by atoms with Gasteiger partial charge in [0.15, 0.2) is 5.76 Å². The molecule has 3 aromatic rings. The molecule has 1 N–H and O–H groups in total. The molecule has 0 spiro atoms. The van der Waals surface area contributed by atoms with E-state index in [2.05, 4.69) is 25.5 Å². The molecule has 4 heterocycles. The van der Waals surface area contributed by atoms with Crippen LogP contribution in [0.5, 0.6) is 0 Å². The molecular formula is C19H15N7O3. The maximum Gasteiger partial charge on any atom is 0.292 e. The highest BCUT2D eigenvalue weighted by molar-refractivity contribution is 6.24. The number of rotatable bonds is 2. The van der Waals surface area contributed by atoms with E-state index in [0.29, 0.717) is 22.9 Å². The summed E-state index contributed by atoms with van der Waals surface area (Å²) in [5, 5.41) is 13.5. The normalized spacial score (nSPS) is 18.1. The van der Waals surface area contributed by atoms with E-state index in [1.54, 1.807) is 32.2 Å². The number of aromatic nitrogens is 2. The van der Waals surface area contributed by atoms with Crippen molar-refractivity contribution in [2.75, 3.05) is 12.4 Å². The Kier molecular flexibility index (Phi) is 3.66. The third-order valence-corrected chi connectivity index (χ3v) is 4.60. The van der Waals surface area contributed by atoms with E-state index in [1.807, 2.05) is 18.2 Å². The van der Waals surface area contributed by atoms with Crippen LogP contribution in [-0.4, -0.2) is 51.7 Å². The molecule has 2 amide bonds. The van der Waals surface area contributed by atoms with Crippen molar-refractivity contribution in [3.05, 3.63) is 47.9 Å². The van der Waals surface area contributed by atoms with Gasteiger partial charge >= 0.3 is 0 Å². The molecule has 1 atom stereocenters. The third kappa shape index (κ3) is 2.81. The molecule has 0 saturated carbocycles. The van der Waals surface area contributed by atoms with Gasteiger partial charge in [-0.15, -0.1) is 0 Å². The van der Waals surface area contributed by atoms with Crippen LogP contribution in [0, 0.1) is 12.8 Å². The minimum atomic E-state index is -0.589. The molecule has 0 fully saturated rings. The van der Waals surface area contributed by atoms with Gasteiger partial charge < -0.3 is 9.73 Å². The molecule has 2 aromatic heterocycles. The van der Waals surface area contributed by atoms with Gasteiger partial charge in [-0.1, -0.05) is 18.2 Å². The minimum Gasteiger partial charge on any atom is -0.451 e. The molecular weight excluding hydrogens is 374 g/mol. The van der Waals surface area contributed by atoms with E-state index in [-0.39, 0.29) is 17.6 Å². The monoisotopic (exact) mass is 389 g/mol. The number of furan rings is 1. The molecule has 2 aliphatic rings. The standard InChI is InChI=1S/C19H15N7O3/c1-10-7-15(21-18(28)14-8-11-5-3-4-6-13(11)29-14)26(24-10)19-22-16-12(17(27)23-19)9-20-25(16)2/h3-9,12H,1-2H3,(H,21,28). The first-order valence-corrected chi connectivity index (χ1v) is 8.85. The summed E-state index contributed by atoms with van der Waals surface area (Å²) in [6.45, 7) is 1.76. The molecule has 1 unspecified atom stereocenters. The van der Waals surface area contributed by atoms with Crippen molar-refractivity contribution in [1.82, 2.24) is 14.8 Å². The number of aryl methyl sites for hydroxylation is 1. The van der Waals surface area contributed by atoms with Gasteiger partial charge in [0, 0.05) is 24.7 Å². The van der Waals surface area contributed by atoms with Gasteiger partial charge in [0.25, 0.3) is 17.8 Å². The zero-order valence-corrected chi connectivity index (χ0v) is 15.5. The molecule has 144 valence electrons. The fourth-order valence-electron chi connectivity index (χ4n) is 3.21. The Bertz CT molecular complexity index is 1230. The SMILES string of the molecule is Cc1cc(NC(=O)c2cc3ccccc3o2)n(C2=NC(=O)C3C=NN(C)C3=N2)n1. The topological polar surface area (TPSA) is 117 Å². The Hall–Kier alpha value is -4.08. The molecule has 0 saturated heterocycles. The second-order valence-corrected chi connectivity index (χ2v) is 6.67. The van der Waals surface area contributed by atoms with Crippen molar-refractivity contribution in [2.45, 2.75) is 6.92 Å². The van der Waals surface area contributed by atoms with Crippen LogP contribution in [0.25, 0.3) is 11.0 Å². The zero-order valence-electron chi connectivity index (χ0n) is 15.5. The van der Waals surface area contributed by atoms with Crippen molar-refractivity contribution in [2.24, 2.45) is 21.0 Å². The third-order valence-electron chi connectivity index (χ3n) is 4.60. The summed E-state index contributed by atoms with van der Waals surface area (Å²) in [7, 11) is 1.70. The number of benzene rings is 1. The number of hydrazone groups is 1. The van der Waals surface area contributed by atoms with Gasteiger partial charge in [0.1, 0.15) is 23.2 Å². The maximum absolute atomic E-state index is 12.7. The Morgan fingerprint density at radius 1 is 1.21 bits per heavy atom. The summed E-state index contributed by atoms with van der Waals surface area (Å²) in [6, 6.07) is 10.7. The van der Waals surface area contributed by atoms with E-state index < -0.39 is 11.8 Å². The van der Waals surface area contributed by atoms with Crippen LogP contribution in [0.1, 0.15) is 16.2 Å². The van der Waals surface area contributed by atoms with Crippen molar-refractivity contribution in [3.63, 3.8) is 0 Å². The first-order valence-electron chi connectivity index (χ1n) is 8.85. The lowest BCUT2D eigenvalue weighted by Crippen LogP contribution is -2.35. The molecule has 0 radical (unpaired) electrons. The number of carbonyl (C=O) groups is 2. The number of amidine groups is 1. The number of fused-ring (bicyclic) bond motifs is 2. The minimum absolute atomic E-state index is 0.0617. The Morgan fingerprint density at radius 2 is 2.03 bits per heavy atom. The summed E-state index contributed by atoms with van der Waals surface area (Å²) in [6.07, 6.45) is 1.50. The van der Waals surface area contributed by atoms with Gasteiger partial charge in [-0.05, 0) is 19.1 Å². The molecule has 5 rings (SSSR count). The molecule has 1 aromatic carbocycles. The largest absolute Gasteiger partial charge is 0.451 e. The van der Waals surface area contributed by atoms with E-state index in [0.717, 1.165) is 5.39 Å². The van der Waals surface area contributed by atoms with Gasteiger partial charge in [-0.3, -0.25) is 14.6 Å². The van der Waals surface area contributed by atoms with Crippen LogP contribution < -0.4 is 5.32 Å². The number of aliphatic imine (C=N–C) groups is 2. The number of hydrogen-bond acceptors (Lipinski definition) is 7. The molecule has 0 bridgehead atoms. The van der Waals surface area contributed by atoms with Crippen LogP contribution in [0.3, 0.4) is 0 Å². The number of nitrogens with one attached hydrogen (secondary N) is 1. The van der Waals surface area contributed by atoms with E-state index in [4.69, 9.17) is 4.42 Å². The second-order valence-electron chi connectivity index (χ2n) is 6.67. The molecule has 0 aliphatic carbocycles. The fourth-order valence-corrected chi connectivity index (χ4v) is 3.21. The Labute approximate surface area is 164 Å². The summed E-state index contributed by atoms with van der Waals surface area (Å²) < 4.78 is 6.93. The van der Waals surface area contributed by atoms with Gasteiger partial charge in [-0.2, -0.15) is 24.9 Å². The first kappa shape index (κ1) is 17.0. The smallest absolute Gasteiger partial charge is 0.292 e. The number of para-hydroxylation sites is 1. The summed E-state index contributed by atoms with van der Waals surface area (Å²) >= 11 is 0. The molecule has 29 heavy (non-hydrogen) atoms. The quantitative estimate of drug-likeness (QED) is 0.718. The second kappa shape index (κ2) is 6.23. The highest BCUT2D eigenvalue weighted by Crippen LogP contribution is 2.22. The fraction of sp³-hybridized carbons (Fsp3) is 0.158. The van der Waals surface area contributed by atoms with Gasteiger partial charge in [0.2, 0.25) is 0 Å². The van der Waals surface area contributed by atoms with Crippen LogP contribution in [0.15, 0.2) is 55.9 Å². The number of amides is 2. The maximum atomic E-state index is 12.7. The molecule has 10 nitrogen and oxygen atoms in total. The van der Waals surface area contributed by atoms with Gasteiger partial charge in [0.05, 0.1) is 5.69 Å².